The highest BCUT2D eigenvalue weighted by molar-refractivity contribution is 5.99. The fourth-order valence-electron chi connectivity index (χ4n) is 2.46. The summed E-state index contributed by atoms with van der Waals surface area (Å²) in [4.78, 5) is 4.54. The normalized spacial score (nSPS) is 13.3. The number of hydrazone groups is 1. The van der Waals surface area contributed by atoms with Gasteiger partial charge in [-0.3, -0.25) is 5.43 Å². The minimum atomic E-state index is 0.272. The Morgan fingerprint density at radius 1 is 1.04 bits per heavy atom. The third-order valence-corrected chi connectivity index (χ3v) is 3.73. The predicted molar refractivity (Wildman–Crippen MR) is 90.1 cm³/mol. The van der Waals surface area contributed by atoms with Crippen molar-refractivity contribution in [3.63, 3.8) is 0 Å². The van der Waals surface area contributed by atoms with Crippen LogP contribution < -0.4 is 14.9 Å². The number of para-hydroxylation sites is 1. The molecule has 0 amide bonds. The summed E-state index contributed by atoms with van der Waals surface area (Å²) in [7, 11) is 0. The molecule has 0 saturated heterocycles. The zero-order chi connectivity index (χ0) is 15.6. The first kappa shape index (κ1) is 13.6. The summed E-state index contributed by atoms with van der Waals surface area (Å²) in [6.45, 7) is 2.21. The van der Waals surface area contributed by atoms with Crippen LogP contribution in [-0.4, -0.2) is 17.5 Å². The van der Waals surface area contributed by atoms with Crippen LogP contribution in [0.4, 0.5) is 5.82 Å². The predicted octanol–water partition coefficient (Wildman–Crippen LogP) is 3.80. The molecule has 1 aromatic heterocycles. The van der Waals surface area contributed by atoms with Crippen LogP contribution in [0.3, 0.4) is 0 Å². The molecule has 0 aliphatic carbocycles. The van der Waals surface area contributed by atoms with Gasteiger partial charge in [-0.25, -0.2) is 4.98 Å². The van der Waals surface area contributed by atoms with Gasteiger partial charge in [-0.15, -0.1) is 0 Å². The molecule has 3 aromatic rings. The van der Waals surface area contributed by atoms with Crippen LogP contribution in [0.1, 0.15) is 12.5 Å². The summed E-state index contributed by atoms with van der Waals surface area (Å²) in [6, 6.07) is 17.7. The molecule has 5 nitrogen and oxygen atoms in total. The van der Waals surface area contributed by atoms with E-state index in [1.165, 1.54) is 0 Å². The summed E-state index contributed by atoms with van der Waals surface area (Å²) >= 11 is 0. The SMILES string of the molecule is C/C(=N\Nc1ccc2ccccc2n1)c1ccc2c(c1)OCO2. The summed E-state index contributed by atoms with van der Waals surface area (Å²) in [6.07, 6.45) is 0. The molecule has 1 aliphatic heterocycles. The Morgan fingerprint density at radius 2 is 1.91 bits per heavy atom. The molecule has 0 unspecified atom stereocenters. The van der Waals surface area contributed by atoms with E-state index in [9.17, 15) is 0 Å². The smallest absolute Gasteiger partial charge is 0.231 e. The van der Waals surface area contributed by atoms with Crippen molar-refractivity contribution < 1.29 is 9.47 Å². The minimum absolute atomic E-state index is 0.272. The number of nitrogens with one attached hydrogen (secondary N) is 1. The molecule has 0 spiro atoms. The van der Waals surface area contributed by atoms with E-state index in [0.29, 0.717) is 5.82 Å². The second kappa shape index (κ2) is 5.61. The summed E-state index contributed by atoms with van der Waals surface area (Å²) in [5.74, 6) is 2.23. The van der Waals surface area contributed by atoms with Crippen molar-refractivity contribution in [2.75, 3.05) is 12.2 Å². The van der Waals surface area contributed by atoms with Gasteiger partial charge in [-0.1, -0.05) is 18.2 Å². The lowest BCUT2D eigenvalue weighted by molar-refractivity contribution is 0.174. The summed E-state index contributed by atoms with van der Waals surface area (Å²) < 4.78 is 10.7. The van der Waals surface area contributed by atoms with Crippen molar-refractivity contribution in [3.05, 3.63) is 60.2 Å². The highest BCUT2D eigenvalue weighted by Crippen LogP contribution is 2.32. The number of benzene rings is 2. The number of anilines is 1. The van der Waals surface area contributed by atoms with E-state index in [1.54, 1.807) is 0 Å². The fourth-order valence-corrected chi connectivity index (χ4v) is 2.46. The molecule has 2 heterocycles. The zero-order valence-electron chi connectivity index (χ0n) is 12.6. The fraction of sp³-hybridized carbons (Fsp3) is 0.111. The van der Waals surface area contributed by atoms with Crippen molar-refractivity contribution in [2.24, 2.45) is 5.10 Å². The average Bonchev–Trinajstić information content (AvgIpc) is 3.07. The maximum absolute atomic E-state index is 5.39. The van der Waals surface area contributed by atoms with Crippen LogP contribution >= 0.6 is 0 Å². The van der Waals surface area contributed by atoms with Crippen molar-refractivity contribution in [1.29, 1.82) is 0 Å². The summed E-state index contributed by atoms with van der Waals surface area (Å²) in [5, 5.41) is 5.51. The highest BCUT2D eigenvalue weighted by Gasteiger charge is 2.13. The number of ether oxygens (including phenoxy) is 2. The van der Waals surface area contributed by atoms with Gasteiger partial charge in [0.25, 0.3) is 0 Å². The minimum Gasteiger partial charge on any atom is -0.454 e. The highest BCUT2D eigenvalue weighted by atomic mass is 16.7. The lowest BCUT2D eigenvalue weighted by Crippen LogP contribution is -2.01. The molecule has 4 rings (SSSR count). The maximum Gasteiger partial charge on any atom is 0.231 e. The Balaban J connectivity index is 1.57. The van der Waals surface area contributed by atoms with E-state index in [2.05, 4.69) is 15.5 Å². The van der Waals surface area contributed by atoms with Gasteiger partial charge >= 0.3 is 0 Å². The lowest BCUT2D eigenvalue weighted by Gasteiger charge is -2.05. The zero-order valence-corrected chi connectivity index (χ0v) is 12.6. The molecule has 0 bridgehead atoms. The van der Waals surface area contributed by atoms with E-state index < -0.39 is 0 Å². The molecule has 0 saturated carbocycles. The molecular weight excluding hydrogens is 290 g/mol. The molecule has 0 atom stereocenters. The maximum atomic E-state index is 5.39. The Bertz CT molecular complexity index is 906. The first-order valence-electron chi connectivity index (χ1n) is 7.36. The van der Waals surface area contributed by atoms with E-state index in [0.717, 1.165) is 33.7 Å². The molecule has 0 fully saturated rings. The van der Waals surface area contributed by atoms with Crippen LogP contribution in [0.2, 0.25) is 0 Å². The molecule has 114 valence electrons. The number of pyridine rings is 1. The van der Waals surface area contributed by atoms with Crippen LogP contribution in [0, 0.1) is 0 Å². The van der Waals surface area contributed by atoms with Crippen molar-refractivity contribution >= 4 is 22.4 Å². The van der Waals surface area contributed by atoms with Crippen LogP contribution in [0.15, 0.2) is 59.7 Å². The third-order valence-electron chi connectivity index (χ3n) is 3.73. The van der Waals surface area contributed by atoms with E-state index in [-0.39, 0.29) is 6.79 Å². The van der Waals surface area contributed by atoms with Crippen molar-refractivity contribution in [1.82, 2.24) is 4.98 Å². The standard InChI is InChI=1S/C18H15N3O2/c1-12(14-6-8-16-17(10-14)23-11-22-16)20-21-18-9-7-13-4-2-3-5-15(13)19-18/h2-10H,11H2,1H3,(H,19,21)/b20-12+. The van der Waals surface area contributed by atoms with Gasteiger partial charge in [0.2, 0.25) is 6.79 Å². The second-order valence-corrected chi connectivity index (χ2v) is 5.27. The largest absolute Gasteiger partial charge is 0.454 e. The Hall–Kier alpha value is -3.08. The van der Waals surface area contributed by atoms with Gasteiger partial charge < -0.3 is 9.47 Å². The lowest BCUT2D eigenvalue weighted by atomic mass is 10.1. The topological polar surface area (TPSA) is 55.7 Å². The number of nitrogens with zero attached hydrogens (tertiary/aromatic N) is 2. The van der Waals surface area contributed by atoms with Crippen molar-refractivity contribution in [2.45, 2.75) is 6.92 Å². The van der Waals surface area contributed by atoms with Gasteiger partial charge in [0.15, 0.2) is 11.5 Å². The van der Waals surface area contributed by atoms with Crippen molar-refractivity contribution in [3.8, 4) is 11.5 Å². The van der Waals surface area contributed by atoms with Gasteiger partial charge in [-0.2, -0.15) is 5.10 Å². The van der Waals surface area contributed by atoms with Crippen LogP contribution in [0.5, 0.6) is 11.5 Å². The van der Waals surface area contributed by atoms with Crippen LogP contribution in [0.25, 0.3) is 10.9 Å². The number of aromatic nitrogens is 1. The Labute approximate surface area is 133 Å². The molecule has 5 heteroatoms. The van der Waals surface area contributed by atoms with E-state index in [1.807, 2.05) is 61.5 Å². The first-order valence-corrected chi connectivity index (χ1v) is 7.36. The molecular formula is C18H15N3O2. The quantitative estimate of drug-likeness (QED) is 0.590. The summed E-state index contributed by atoms with van der Waals surface area (Å²) in [5.41, 5.74) is 5.77. The Kier molecular flexibility index (Phi) is 3.31. The van der Waals surface area contributed by atoms with E-state index >= 15 is 0 Å². The van der Waals surface area contributed by atoms with Gasteiger partial charge in [0.05, 0.1) is 11.2 Å². The van der Waals surface area contributed by atoms with Crippen LogP contribution in [-0.2, 0) is 0 Å². The number of hydrogen-bond donors (Lipinski definition) is 1. The average molecular weight is 305 g/mol. The molecule has 2 aromatic carbocycles. The molecule has 23 heavy (non-hydrogen) atoms. The number of rotatable bonds is 3. The van der Waals surface area contributed by atoms with Gasteiger partial charge in [0, 0.05) is 10.9 Å². The van der Waals surface area contributed by atoms with Gasteiger partial charge in [0.1, 0.15) is 5.82 Å². The third kappa shape index (κ3) is 2.68. The Morgan fingerprint density at radius 3 is 2.87 bits per heavy atom. The second-order valence-electron chi connectivity index (χ2n) is 5.27. The van der Waals surface area contributed by atoms with Gasteiger partial charge in [-0.05, 0) is 43.3 Å². The molecule has 1 aliphatic rings. The number of fused-ring (bicyclic) bond motifs is 2. The molecule has 0 radical (unpaired) electrons. The monoisotopic (exact) mass is 305 g/mol. The number of hydrogen-bond acceptors (Lipinski definition) is 5. The first-order chi connectivity index (χ1) is 11.3. The molecule has 1 N–H and O–H groups in total. The van der Waals surface area contributed by atoms with E-state index in [4.69, 9.17) is 9.47 Å².